The number of hydrogen-bond donors (Lipinski definition) is 2. The van der Waals surface area contributed by atoms with Crippen LogP contribution in [0, 0.1) is 0 Å². The van der Waals surface area contributed by atoms with Gasteiger partial charge in [-0.2, -0.15) is 0 Å². The van der Waals surface area contributed by atoms with Crippen LogP contribution in [0.25, 0.3) is 22.0 Å². The lowest BCUT2D eigenvalue weighted by Crippen LogP contribution is -2.17. The first-order chi connectivity index (χ1) is 14.9. The third-order valence-corrected chi connectivity index (χ3v) is 5.17. The van der Waals surface area contributed by atoms with Gasteiger partial charge in [-0.3, -0.25) is 4.98 Å². The van der Waals surface area contributed by atoms with Crippen molar-refractivity contribution in [2.24, 2.45) is 0 Å². The van der Waals surface area contributed by atoms with Crippen molar-refractivity contribution in [2.75, 3.05) is 25.2 Å². The van der Waals surface area contributed by atoms with Crippen LogP contribution in [-0.4, -0.2) is 24.9 Å². The number of aromatic nitrogens is 1. The predicted molar refractivity (Wildman–Crippen MR) is 117 cm³/mol. The van der Waals surface area contributed by atoms with Crippen molar-refractivity contribution in [3.05, 3.63) is 72.8 Å². The van der Waals surface area contributed by atoms with Gasteiger partial charge < -0.3 is 24.5 Å². The van der Waals surface area contributed by atoms with Gasteiger partial charge in [-0.1, -0.05) is 18.2 Å². The van der Waals surface area contributed by atoms with Crippen molar-refractivity contribution in [3.8, 4) is 22.6 Å². The van der Waals surface area contributed by atoms with Gasteiger partial charge in [-0.15, -0.1) is 0 Å². The fraction of sp³-hybridized carbons (Fsp3) is 0.208. The normalized spacial score (nSPS) is 12.4. The van der Waals surface area contributed by atoms with Gasteiger partial charge in [0.1, 0.15) is 5.76 Å². The van der Waals surface area contributed by atoms with E-state index in [1.54, 1.807) is 6.26 Å². The maximum absolute atomic E-state index is 5.50. The molecule has 2 N–H and O–H groups in total. The molecule has 0 atom stereocenters. The molecule has 0 saturated carbocycles. The van der Waals surface area contributed by atoms with Crippen molar-refractivity contribution in [2.45, 2.75) is 13.0 Å². The summed E-state index contributed by atoms with van der Waals surface area (Å²) in [4.78, 5) is 4.57. The maximum atomic E-state index is 5.50. The number of benzene rings is 2. The quantitative estimate of drug-likeness (QED) is 0.413. The third kappa shape index (κ3) is 3.95. The minimum Gasteiger partial charge on any atom is -0.468 e. The number of hydrogen-bond acceptors (Lipinski definition) is 6. The molecule has 0 saturated heterocycles. The second-order valence-corrected chi connectivity index (χ2v) is 7.19. The minimum absolute atomic E-state index is 0.283. The van der Waals surface area contributed by atoms with Gasteiger partial charge in [0.15, 0.2) is 11.5 Å². The second-order valence-electron chi connectivity index (χ2n) is 7.19. The van der Waals surface area contributed by atoms with Crippen LogP contribution in [-0.2, 0) is 6.54 Å². The summed E-state index contributed by atoms with van der Waals surface area (Å²) in [5, 5.41) is 8.04. The first-order valence-electron chi connectivity index (χ1n) is 10.1. The summed E-state index contributed by atoms with van der Waals surface area (Å²) in [6.07, 6.45) is 4.56. The number of nitrogens with one attached hydrogen (secondary N) is 2. The van der Waals surface area contributed by atoms with Crippen molar-refractivity contribution in [1.82, 2.24) is 10.3 Å². The summed E-state index contributed by atoms with van der Waals surface area (Å²) in [5.74, 6) is 2.54. The van der Waals surface area contributed by atoms with Crippen LogP contribution in [0.5, 0.6) is 11.5 Å². The molecule has 5 rings (SSSR count). The number of fused-ring (bicyclic) bond motifs is 2. The Morgan fingerprint density at radius 3 is 2.73 bits per heavy atom. The molecule has 0 aliphatic carbocycles. The highest BCUT2D eigenvalue weighted by molar-refractivity contribution is 5.93. The summed E-state index contributed by atoms with van der Waals surface area (Å²) in [6, 6.07) is 18.3. The summed E-state index contributed by atoms with van der Waals surface area (Å²) < 4.78 is 16.2. The van der Waals surface area contributed by atoms with E-state index in [1.807, 2.05) is 42.6 Å². The average Bonchev–Trinajstić information content (AvgIpc) is 3.47. The monoisotopic (exact) mass is 401 g/mol. The number of nitrogens with zero attached hydrogens (tertiary/aromatic N) is 1. The Morgan fingerprint density at radius 1 is 0.900 bits per heavy atom. The molecule has 0 fully saturated rings. The van der Waals surface area contributed by atoms with E-state index in [4.69, 9.17) is 13.9 Å². The van der Waals surface area contributed by atoms with Crippen molar-refractivity contribution in [3.63, 3.8) is 0 Å². The van der Waals surface area contributed by atoms with Crippen LogP contribution < -0.4 is 20.1 Å². The summed E-state index contributed by atoms with van der Waals surface area (Å²) in [5.41, 5.74) is 4.26. The number of pyridine rings is 1. The molecule has 0 unspecified atom stereocenters. The van der Waals surface area contributed by atoms with Crippen LogP contribution in [0.1, 0.15) is 12.2 Å². The van der Waals surface area contributed by atoms with Crippen LogP contribution in [0.3, 0.4) is 0 Å². The lowest BCUT2D eigenvalue weighted by molar-refractivity contribution is 0.174. The van der Waals surface area contributed by atoms with Crippen molar-refractivity contribution in [1.29, 1.82) is 0 Å². The molecular formula is C24H23N3O3. The molecule has 0 spiro atoms. The number of furan rings is 1. The molecule has 0 bridgehead atoms. The van der Waals surface area contributed by atoms with E-state index in [-0.39, 0.29) is 6.79 Å². The van der Waals surface area contributed by atoms with Crippen molar-refractivity contribution >= 4 is 16.6 Å². The van der Waals surface area contributed by atoms with Gasteiger partial charge in [0.25, 0.3) is 0 Å². The molecular weight excluding hydrogens is 378 g/mol. The predicted octanol–water partition coefficient (Wildman–Crippen LogP) is 4.82. The summed E-state index contributed by atoms with van der Waals surface area (Å²) >= 11 is 0. The van der Waals surface area contributed by atoms with Crippen LogP contribution in [0.2, 0.25) is 0 Å². The Hall–Kier alpha value is -3.51. The first kappa shape index (κ1) is 18.5. The zero-order valence-electron chi connectivity index (χ0n) is 16.6. The molecule has 2 aromatic heterocycles. The number of anilines is 1. The molecule has 3 heterocycles. The number of ether oxygens (including phenoxy) is 2. The molecule has 152 valence electrons. The van der Waals surface area contributed by atoms with Gasteiger partial charge in [-0.05, 0) is 60.5 Å². The molecule has 1 aliphatic rings. The minimum atomic E-state index is 0.283. The number of rotatable bonds is 8. The topological polar surface area (TPSA) is 68.6 Å². The van der Waals surface area contributed by atoms with Crippen molar-refractivity contribution < 1.29 is 13.9 Å². The van der Waals surface area contributed by atoms with E-state index < -0.39 is 0 Å². The Morgan fingerprint density at radius 2 is 1.80 bits per heavy atom. The third-order valence-electron chi connectivity index (χ3n) is 5.17. The van der Waals surface area contributed by atoms with Gasteiger partial charge in [0.05, 0.1) is 18.3 Å². The fourth-order valence-electron chi connectivity index (χ4n) is 3.62. The largest absolute Gasteiger partial charge is 0.468 e. The van der Waals surface area contributed by atoms with Crippen LogP contribution in [0.4, 0.5) is 5.69 Å². The molecule has 30 heavy (non-hydrogen) atoms. The molecule has 6 heteroatoms. The average molecular weight is 401 g/mol. The van der Waals surface area contributed by atoms with E-state index >= 15 is 0 Å². The van der Waals surface area contributed by atoms with Gasteiger partial charge >= 0.3 is 0 Å². The second kappa shape index (κ2) is 8.47. The fourth-order valence-corrected chi connectivity index (χ4v) is 3.62. The zero-order chi connectivity index (χ0) is 20.2. The zero-order valence-corrected chi connectivity index (χ0v) is 16.6. The van der Waals surface area contributed by atoms with E-state index in [9.17, 15) is 0 Å². The highest BCUT2D eigenvalue weighted by Gasteiger charge is 2.14. The molecule has 6 nitrogen and oxygen atoms in total. The Kier molecular flexibility index (Phi) is 5.23. The van der Waals surface area contributed by atoms with Gasteiger partial charge in [-0.25, -0.2) is 0 Å². The van der Waals surface area contributed by atoms with Crippen LogP contribution in [0.15, 0.2) is 71.5 Å². The van der Waals surface area contributed by atoms with Gasteiger partial charge in [0, 0.05) is 23.8 Å². The molecule has 0 radical (unpaired) electrons. The SMILES string of the molecule is c1coc(CNCCCNc2ccnc3cc(-c4ccc5c(c4)OCO5)ccc23)c1. The lowest BCUT2D eigenvalue weighted by atomic mass is 10.0. The Balaban J connectivity index is 1.23. The lowest BCUT2D eigenvalue weighted by Gasteiger charge is -2.11. The molecule has 4 aromatic rings. The summed E-state index contributed by atoms with van der Waals surface area (Å²) in [7, 11) is 0. The van der Waals surface area contributed by atoms with Gasteiger partial charge in [0.2, 0.25) is 6.79 Å². The highest BCUT2D eigenvalue weighted by atomic mass is 16.7. The Labute approximate surface area is 174 Å². The van der Waals surface area contributed by atoms with E-state index in [0.717, 1.165) is 71.0 Å². The van der Waals surface area contributed by atoms with E-state index in [0.29, 0.717) is 0 Å². The maximum Gasteiger partial charge on any atom is 0.231 e. The van der Waals surface area contributed by atoms with E-state index in [2.05, 4.69) is 33.8 Å². The molecule has 1 aliphatic heterocycles. The smallest absolute Gasteiger partial charge is 0.231 e. The molecule has 2 aromatic carbocycles. The Bertz CT molecular complexity index is 1140. The first-order valence-corrected chi connectivity index (χ1v) is 10.1. The van der Waals surface area contributed by atoms with E-state index in [1.165, 1.54) is 0 Å². The summed E-state index contributed by atoms with van der Waals surface area (Å²) in [6.45, 7) is 2.85. The standard InChI is InChI=1S/C24H23N3O3/c1-3-19(28-12-1)15-25-9-2-10-26-21-8-11-27-22-13-17(4-6-20(21)22)18-5-7-23-24(14-18)30-16-29-23/h1,3-8,11-14,25H,2,9-10,15-16H2,(H,26,27). The van der Waals surface area contributed by atoms with Crippen LogP contribution >= 0.6 is 0 Å². The highest BCUT2D eigenvalue weighted by Crippen LogP contribution is 2.36. The molecule has 0 amide bonds.